The molecule has 0 unspecified atom stereocenters. The normalized spacial score (nSPS) is 11.0. The van der Waals surface area contributed by atoms with Crippen molar-refractivity contribution in [3.8, 4) is 0 Å². The number of anilines is 1. The number of aromatic nitrogens is 1. The standard InChI is InChI=1S/C20H25N3O2S.ClH/c1-4-15-9-10-16-18(14-15)26-20(21-16)23(12-11-22(5-2)6-3)19(24)17-8-7-13-25-17;/h7-10,13-14H,4-6,11-12H2,1-3H3;1H. The van der Waals surface area contributed by atoms with Gasteiger partial charge in [-0.05, 0) is 49.3 Å². The van der Waals surface area contributed by atoms with Crippen molar-refractivity contribution in [1.82, 2.24) is 9.88 Å². The lowest BCUT2D eigenvalue weighted by Crippen LogP contribution is -2.38. The van der Waals surface area contributed by atoms with Gasteiger partial charge in [0.05, 0.1) is 16.5 Å². The Morgan fingerprint density at radius 2 is 1.93 bits per heavy atom. The highest BCUT2D eigenvalue weighted by atomic mass is 35.5. The van der Waals surface area contributed by atoms with Crippen molar-refractivity contribution < 1.29 is 9.21 Å². The number of rotatable bonds is 8. The summed E-state index contributed by atoms with van der Waals surface area (Å²) in [4.78, 5) is 21.7. The largest absolute Gasteiger partial charge is 0.459 e. The van der Waals surface area contributed by atoms with Crippen LogP contribution in [0, 0.1) is 0 Å². The number of furan rings is 1. The summed E-state index contributed by atoms with van der Waals surface area (Å²) in [5.41, 5.74) is 2.21. The Hall–Kier alpha value is -1.89. The lowest BCUT2D eigenvalue weighted by Gasteiger charge is -2.24. The fraction of sp³-hybridized carbons (Fsp3) is 0.400. The van der Waals surface area contributed by atoms with Gasteiger partial charge in [-0.1, -0.05) is 38.2 Å². The molecule has 3 rings (SSSR count). The number of carbonyl (C=O) groups excluding carboxylic acids is 1. The molecule has 0 saturated carbocycles. The fourth-order valence-corrected chi connectivity index (χ4v) is 3.94. The summed E-state index contributed by atoms with van der Waals surface area (Å²) in [6.45, 7) is 9.70. The molecule has 0 N–H and O–H groups in total. The fourth-order valence-electron chi connectivity index (χ4n) is 2.89. The first-order valence-electron chi connectivity index (χ1n) is 9.13. The molecule has 1 amide bonds. The Labute approximate surface area is 170 Å². The predicted octanol–water partition coefficient (Wildman–Crippen LogP) is 4.86. The first-order chi connectivity index (χ1) is 12.7. The third kappa shape index (κ3) is 4.89. The van der Waals surface area contributed by atoms with E-state index in [9.17, 15) is 4.79 Å². The van der Waals surface area contributed by atoms with Gasteiger partial charge < -0.3 is 9.32 Å². The van der Waals surface area contributed by atoms with Gasteiger partial charge in [0, 0.05) is 13.1 Å². The van der Waals surface area contributed by atoms with Gasteiger partial charge in [-0.2, -0.15) is 0 Å². The average Bonchev–Trinajstić information content (AvgIpc) is 3.33. The molecule has 0 spiro atoms. The number of nitrogens with zero attached hydrogens (tertiary/aromatic N) is 3. The molecular weight excluding hydrogens is 382 g/mol. The van der Waals surface area contributed by atoms with Crippen molar-refractivity contribution in [2.75, 3.05) is 31.1 Å². The minimum absolute atomic E-state index is 0. The summed E-state index contributed by atoms with van der Waals surface area (Å²) in [7, 11) is 0. The minimum atomic E-state index is -0.142. The summed E-state index contributed by atoms with van der Waals surface area (Å²) in [5, 5.41) is 0.724. The molecule has 2 heterocycles. The molecule has 0 saturated heterocycles. The van der Waals surface area contributed by atoms with Crippen LogP contribution in [0.2, 0.25) is 0 Å². The Balaban J connectivity index is 0.00000261. The maximum Gasteiger partial charge on any atom is 0.295 e. The van der Waals surface area contributed by atoms with Crippen molar-refractivity contribution in [3.05, 3.63) is 47.9 Å². The SMILES string of the molecule is CCc1ccc2nc(N(CCN(CC)CC)C(=O)c3ccco3)sc2c1.Cl. The van der Waals surface area contributed by atoms with Crippen molar-refractivity contribution in [2.24, 2.45) is 0 Å². The van der Waals surface area contributed by atoms with Crippen LogP contribution in [0.4, 0.5) is 5.13 Å². The van der Waals surface area contributed by atoms with E-state index in [4.69, 9.17) is 9.40 Å². The molecule has 0 atom stereocenters. The molecule has 0 aliphatic carbocycles. The maximum absolute atomic E-state index is 13.0. The van der Waals surface area contributed by atoms with Crippen molar-refractivity contribution in [3.63, 3.8) is 0 Å². The van der Waals surface area contributed by atoms with Crippen molar-refractivity contribution in [1.29, 1.82) is 0 Å². The third-order valence-corrected chi connectivity index (χ3v) is 5.63. The van der Waals surface area contributed by atoms with Crippen molar-refractivity contribution in [2.45, 2.75) is 27.2 Å². The highest BCUT2D eigenvalue weighted by molar-refractivity contribution is 7.22. The Kier molecular flexibility index (Phi) is 7.83. The zero-order chi connectivity index (χ0) is 18.5. The molecule has 7 heteroatoms. The summed E-state index contributed by atoms with van der Waals surface area (Å²) in [6.07, 6.45) is 2.52. The van der Waals surface area contributed by atoms with Gasteiger partial charge in [-0.15, -0.1) is 12.4 Å². The van der Waals surface area contributed by atoms with Gasteiger partial charge in [-0.25, -0.2) is 4.98 Å². The summed E-state index contributed by atoms with van der Waals surface area (Å²) in [5.74, 6) is 0.204. The van der Waals surface area contributed by atoms with Crippen LogP contribution in [0.5, 0.6) is 0 Å². The van der Waals surface area contributed by atoms with E-state index < -0.39 is 0 Å². The van der Waals surface area contributed by atoms with Crippen LogP contribution < -0.4 is 4.90 Å². The molecule has 0 bridgehead atoms. The van der Waals surface area contributed by atoms with E-state index in [0.29, 0.717) is 12.3 Å². The lowest BCUT2D eigenvalue weighted by molar-refractivity contribution is 0.0957. The first-order valence-corrected chi connectivity index (χ1v) is 9.95. The molecule has 0 aliphatic rings. The molecule has 0 aliphatic heterocycles. The second kappa shape index (κ2) is 9.88. The Morgan fingerprint density at radius 3 is 2.56 bits per heavy atom. The minimum Gasteiger partial charge on any atom is -0.459 e. The number of amides is 1. The van der Waals surface area contributed by atoms with Gasteiger partial charge in [0.2, 0.25) is 0 Å². The molecule has 2 aromatic heterocycles. The van der Waals surface area contributed by atoms with Crippen molar-refractivity contribution >= 4 is 45.0 Å². The van der Waals surface area contributed by atoms with Crippen LogP contribution >= 0.6 is 23.7 Å². The molecule has 3 aromatic rings. The van der Waals surface area contributed by atoms with E-state index >= 15 is 0 Å². The third-order valence-electron chi connectivity index (χ3n) is 4.59. The van der Waals surface area contributed by atoms with Gasteiger partial charge in [-0.3, -0.25) is 9.69 Å². The molecule has 5 nitrogen and oxygen atoms in total. The Bertz CT molecular complexity index is 859. The molecule has 0 fully saturated rings. The number of benzene rings is 1. The smallest absolute Gasteiger partial charge is 0.295 e. The van der Waals surface area contributed by atoms with E-state index in [2.05, 4.69) is 37.8 Å². The number of thiazole rings is 1. The van der Waals surface area contributed by atoms with Gasteiger partial charge >= 0.3 is 0 Å². The summed E-state index contributed by atoms with van der Waals surface area (Å²) >= 11 is 1.56. The van der Waals surface area contributed by atoms with Crippen LogP contribution in [0.15, 0.2) is 41.0 Å². The maximum atomic E-state index is 13.0. The van der Waals surface area contributed by atoms with Gasteiger partial charge in [0.1, 0.15) is 0 Å². The van der Waals surface area contributed by atoms with Crippen LogP contribution in [0.3, 0.4) is 0 Å². The molecular formula is C20H26ClN3O2S. The van der Waals surface area contributed by atoms with E-state index in [0.717, 1.165) is 41.4 Å². The molecule has 146 valence electrons. The van der Waals surface area contributed by atoms with Crippen LogP contribution in [-0.4, -0.2) is 42.0 Å². The average molecular weight is 408 g/mol. The number of carbonyl (C=O) groups is 1. The van der Waals surface area contributed by atoms with Crippen LogP contribution in [0.25, 0.3) is 10.2 Å². The second-order valence-corrected chi connectivity index (χ2v) is 7.12. The quantitative estimate of drug-likeness (QED) is 0.535. The zero-order valence-corrected chi connectivity index (χ0v) is 17.6. The zero-order valence-electron chi connectivity index (χ0n) is 16.0. The molecule has 0 radical (unpaired) electrons. The van der Waals surface area contributed by atoms with E-state index in [1.54, 1.807) is 28.4 Å². The van der Waals surface area contributed by atoms with Crippen LogP contribution in [-0.2, 0) is 6.42 Å². The number of hydrogen-bond donors (Lipinski definition) is 0. The summed E-state index contributed by atoms with van der Waals surface area (Å²) < 4.78 is 6.45. The number of likely N-dealkylation sites (N-methyl/N-ethyl adjacent to an activating group) is 1. The van der Waals surface area contributed by atoms with E-state index in [-0.39, 0.29) is 18.3 Å². The molecule has 27 heavy (non-hydrogen) atoms. The lowest BCUT2D eigenvalue weighted by atomic mass is 10.2. The van der Waals surface area contributed by atoms with Gasteiger partial charge in [0.15, 0.2) is 10.9 Å². The second-order valence-electron chi connectivity index (χ2n) is 6.11. The highest BCUT2D eigenvalue weighted by Gasteiger charge is 2.23. The summed E-state index contributed by atoms with van der Waals surface area (Å²) in [6, 6.07) is 9.74. The monoisotopic (exact) mass is 407 g/mol. The number of halogens is 1. The predicted molar refractivity (Wildman–Crippen MR) is 114 cm³/mol. The van der Waals surface area contributed by atoms with E-state index in [1.807, 2.05) is 6.07 Å². The number of fused-ring (bicyclic) bond motifs is 1. The topological polar surface area (TPSA) is 49.6 Å². The van der Waals surface area contributed by atoms with E-state index in [1.165, 1.54) is 11.8 Å². The molecule has 1 aromatic carbocycles. The van der Waals surface area contributed by atoms with Crippen LogP contribution in [0.1, 0.15) is 36.9 Å². The highest BCUT2D eigenvalue weighted by Crippen LogP contribution is 2.30. The Morgan fingerprint density at radius 1 is 1.15 bits per heavy atom. The first kappa shape index (κ1) is 21.4. The number of hydrogen-bond acceptors (Lipinski definition) is 5. The van der Waals surface area contributed by atoms with Gasteiger partial charge in [0.25, 0.3) is 5.91 Å². The number of aryl methyl sites for hydroxylation is 1.